The summed E-state index contributed by atoms with van der Waals surface area (Å²) in [5.41, 5.74) is 0.523. The average Bonchev–Trinajstić information content (AvgIpc) is 3.10. The van der Waals surface area contributed by atoms with E-state index in [9.17, 15) is 5.11 Å². The molecular formula is C16H28ClN3O. The van der Waals surface area contributed by atoms with Crippen molar-refractivity contribution in [1.82, 2.24) is 14.7 Å². The standard InChI is InChI=1S/C16H28ClN3O/c1-5-16(6-2,19-9-7-8-10-19)15(21)14-13(17)11-18-20(14)12(3)4/h11-12,15,21H,5-10H2,1-4H3. The average molecular weight is 314 g/mol. The van der Waals surface area contributed by atoms with E-state index in [1.165, 1.54) is 12.8 Å². The first-order chi connectivity index (χ1) is 9.97. The van der Waals surface area contributed by atoms with Crippen LogP contribution in [0.2, 0.25) is 5.02 Å². The lowest BCUT2D eigenvalue weighted by atomic mass is 9.83. The fourth-order valence-corrected chi connectivity index (χ4v) is 3.93. The van der Waals surface area contributed by atoms with Crippen molar-refractivity contribution in [3.63, 3.8) is 0 Å². The number of aromatic nitrogens is 2. The zero-order valence-corrected chi connectivity index (χ0v) is 14.4. The molecule has 1 aromatic heterocycles. The molecular weight excluding hydrogens is 286 g/mol. The van der Waals surface area contributed by atoms with Crippen LogP contribution in [0.3, 0.4) is 0 Å². The fraction of sp³-hybridized carbons (Fsp3) is 0.812. The summed E-state index contributed by atoms with van der Waals surface area (Å²) >= 11 is 6.35. The van der Waals surface area contributed by atoms with Gasteiger partial charge in [-0.2, -0.15) is 5.10 Å². The highest BCUT2D eigenvalue weighted by molar-refractivity contribution is 6.31. The molecule has 2 heterocycles. The smallest absolute Gasteiger partial charge is 0.115 e. The lowest BCUT2D eigenvalue weighted by Gasteiger charge is -2.44. The van der Waals surface area contributed by atoms with E-state index in [0.717, 1.165) is 31.6 Å². The van der Waals surface area contributed by atoms with Gasteiger partial charge in [-0.1, -0.05) is 25.4 Å². The summed E-state index contributed by atoms with van der Waals surface area (Å²) in [7, 11) is 0. The van der Waals surface area contributed by atoms with Gasteiger partial charge >= 0.3 is 0 Å². The van der Waals surface area contributed by atoms with Crippen molar-refractivity contribution in [2.45, 2.75) is 71.1 Å². The summed E-state index contributed by atoms with van der Waals surface area (Å²) in [6.07, 6.45) is 5.29. The third-order valence-corrected chi connectivity index (χ3v) is 5.30. The van der Waals surface area contributed by atoms with Crippen molar-refractivity contribution in [2.75, 3.05) is 13.1 Å². The molecule has 1 atom stereocenters. The summed E-state index contributed by atoms with van der Waals surface area (Å²) in [4.78, 5) is 2.45. The Labute approximate surface area is 133 Å². The van der Waals surface area contributed by atoms with Gasteiger partial charge in [0.25, 0.3) is 0 Å². The highest BCUT2D eigenvalue weighted by Gasteiger charge is 2.44. The number of hydrogen-bond acceptors (Lipinski definition) is 3. The summed E-state index contributed by atoms with van der Waals surface area (Å²) in [5, 5.41) is 16.1. The molecule has 0 amide bonds. The van der Waals surface area contributed by atoms with Crippen LogP contribution in [0.5, 0.6) is 0 Å². The summed E-state index contributed by atoms with van der Waals surface area (Å²) in [6.45, 7) is 10.6. The molecule has 1 unspecified atom stereocenters. The zero-order valence-electron chi connectivity index (χ0n) is 13.6. The van der Waals surface area contributed by atoms with Crippen molar-refractivity contribution in [3.8, 4) is 0 Å². The van der Waals surface area contributed by atoms with E-state index in [2.05, 4.69) is 37.7 Å². The van der Waals surface area contributed by atoms with Gasteiger partial charge in [0.15, 0.2) is 0 Å². The highest BCUT2D eigenvalue weighted by Crippen LogP contribution is 2.41. The summed E-state index contributed by atoms with van der Waals surface area (Å²) < 4.78 is 1.86. The molecule has 2 rings (SSSR count). The predicted molar refractivity (Wildman–Crippen MR) is 86.7 cm³/mol. The lowest BCUT2D eigenvalue weighted by molar-refractivity contribution is -0.0343. The van der Waals surface area contributed by atoms with E-state index < -0.39 is 6.10 Å². The molecule has 0 aliphatic carbocycles. The SMILES string of the molecule is CCC(CC)(C(O)c1c(Cl)cnn1C(C)C)N1CCCC1. The molecule has 120 valence electrons. The third-order valence-electron chi connectivity index (χ3n) is 5.00. The van der Waals surface area contributed by atoms with Gasteiger partial charge in [-0.25, -0.2) is 0 Å². The van der Waals surface area contributed by atoms with E-state index in [1.54, 1.807) is 6.20 Å². The monoisotopic (exact) mass is 313 g/mol. The molecule has 1 aromatic rings. The maximum Gasteiger partial charge on any atom is 0.115 e. The van der Waals surface area contributed by atoms with E-state index in [0.29, 0.717) is 5.02 Å². The van der Waals surface area contributed by atoms with Gasteiger partial charge < -0.3 is 5.11 Å². The minimum Gasteiger partial charge on any atom is -0.385 e. The molecule has 4 nitrogen and oxygen atoms in total. The molecule has 1 fully saturated rings. The highest BCUT2D eigenvalue weighted by atomic mass is 35.5. The van der Waals surface area contributed by atoms with Crippen molar-refractivity contribution in [1.29, 1.82) is 0 Å². The van der Waals surface area contributed by atoms with Crippen LogP contribution >= 0.6 is 11.6 Å². The maximum absolute atomic E-state index is 11.2. The largest absolute Gasteiger partial charge is 0.385 e. The second-order valence-electron chi connectivity index (χ2n) is 6.32. The molecule has 1 aliphatic rings. The number of aliphatic hydroxyl groups excluding tert-OH is 1. The second-order valence-corrected chi connectivity index (χ2v) is 6.73. The Balaban J connectivity index is 2.43. The number of halogens is 1. The molecule has 1 aliphatic heterocycles. The van der Waals surface area contributed by atoms with Gasteiger partial charge in [0.2, 0.25) is 0 Å². The fourth-order valence-electron chi connectivity index (χ4n) is 3.69. The minimum atomic E-state index is -0.608. The van der Waals surface area contributed by atoms with Crippen LogP contribution < -0.4 is 0 Å². The number of rotatable bonds is 6. The first-order valence-electron chi connectivity index (χ1n) is 8.14. The van der Waals surface area contributed by atoms with Gasteiger partial charge in [0.1, 0.15) is 6.10 Å². The Hall–Kier alpha value is -0.580. The van der Waals surface area contributed by atoms with E-state index in [-0.39, 0.29) is 11.6 Å². The number of aliphatic hydroxyl groups is 1. The molecule has 0 bridgehead atoms. The Bertz CT molecular complexity index is 462. The number of nitrogens with zero attached hydrogens (tertiary/aromatic N) is 3. The van der Waals surface area contributed by atoms with Crippen LogP contribution in [0.4, 0.5) is 0 Å². The summed E-state index contributed by atoms with van der Waals surface area (Å²) in [6, 6.07) is 0.187. The van der Waals surface area contributed by atoms with Crippen molar-refractivity contribution in [2.24, 2.45) is 0 Å². The lowest BCUT2D eigenvalue weighted by Crippen LogP contribution is -2.51. The van der Waals surface area contributed by atoms with Gasteiger partial charge in [-0.05, 0) is 52.6 Å². The molecule has 0 aromatic carbocycles. The van der Waals surface area contributed by atoms with E-state index >= 15 is 0 Å². The van der Waals surface area contributed by atoms with E-state index in [1.807, 2.05) is 4.68 Å². The van der Waals surface area contributed by atoms with Crippen LogP contribution in [0, 0.1) is 0 Å². The molecule has 5 heteroatoms. The van der Waals surface area contributed by atoms with E-state index in [4.69, 9.17) is 11.6 Å². The van der Waals surface area contributed by atoms with Crippen LogP contribution in [0.25, 0.3) is 0 Å². The minimum absolute atomic E-state index is 0.187. The van der Waals surface area contributed by atoms with Crippen molar-refractivity contribution >= 4 is 11.6 Å². The Morgan fingerprint density at radius 1 is 1.29 bits per heavy atom. The molecule has 0 spiro atoms. The topological polar surface area (TPSA) is 41.3 Å². The van der Waals surface area contributed by atoms with Crippen LogP contribution in [-0.2, 0) is 0 Å². The van der Waals surface area contributed by atoms with Crippen LogP contribution in [0.15, 0.2) is 6.20 Å². The number of likely N-dealkylation sites (tertiary alicyclic amines) is 1. The first kappa shape index (κ1) is 16.8. The Kier molecular flexibility index (Phi) is 5.33. The van der Waals surface area contributed by atoms with Gasteiger partial charge in [-0.15, -0.1) is 0 Å². The quantitative estimate of drug-likeness (QED) is 0.868. The maximum atomic E-state index is 11.2. The Morgan fingerprint density at radius 3 is 2.33 bits per heavy atom. The van der Waals surface area contributed by atoms with Gasteiger partial charge in [0.05, 0.1) is 22.5 Å². The normalized spacial score (nSPS) is 18.6. The van der Waals surface area contributed by atoms with Gasteiger partial charge in [0, 0.05) is 6.04 Å². The van der Waals surface area contributed by atoms with Crippen molar-refractivity contribution in [3.05, 3.63) is 16.9 Å². The number of hydrogen-bond donors (Lipinski definition) is 1. The van der Waals surface area contributed by atoms with Crippen molar-refractivity contribution < 1.29 is 5.11 Å². The second kappa shape index (κ2) is 6.67. The van der Waals surface area contributed by atoms with Gasteiger partial charge in [-0.3, -0.25) is 9.58 Å². The Morgan fingerprint density at radius 2 is 1.86 bits per heavy atom. The third kappa shape index (κ3) is 2.86. The predicted octanol–water partition coefficient (Wildman–Crippen LogP) is 3.81. The molecule has 0 saturated carbocycles. The molecule has 1 saturated heterocycles. The molecule has 1 N–H and O–H groups in total. The summed E-state index contributed by atoms with van der Waals surface area (Å²) in [5.74, 6) is 0. The molecule has 0 radical (unpaired) electrons. The first-order valence-corrected chi connectivity index (χ1v) is 8.51. The zero-order chi connectivity index (χ0) is 15.6. The van der Waals surface area contributed by atoms with Crippen LogP contribution in [-0.4, -0.2) is 38.4 Å². The molecule has 21 heavy (non-hydrogen) atoms. The van der Waals surface area contributed by atoms with Crippen LogP contribution in [0.1, 0.15) is 71.2 Å².